The Balaban J connectivity index is 1.47. The number of nitrogens with zero attached hydrogens (tertiary/aromatic N) is 2. The summed E-state index contributed by atoms with van der Waals surface area (Å²) in [5.41, 5.74) is 3.61. The van der Waals surface area contributed by atoms with Crippen LogP contribution >= 0.6 is 22.9 Å². The van der Waals surface area contributed by atoms with Crippen molar-refractivity contribution >= 4 is 40.7 Å². The average Bonchev–Trinajstić information content (AvgIpc) is 3.42. The van der Waals surface area contributed by atoms with E-state index in [0.29, 0.717) is 57.1 Å². The van der Waals surface area contributed by atoms with E-state index >= 15 is 0 Å². The predicted octanol–water partition coefficient (Wildman–Crippen LogP) is 6.97. The highest BCUT2D eigenvalue weighted by Gasteiger charge is 2.35. The van der Waals surface area contributed by atoms with Crippen LogP contribution in [-0.2, 0) is 16.1 Å². The number of hydrogen-bond acceptors (Lipinski definition) is 8. The molecule has 49 heavy (non-hydrogen) atoms. The predicted molar refractivity (Wildman–Crippen MR) is 192 cm³/mol. The van der Waals surface area contributed by atoms with Gasteiger partial charge in [0.05, 0.1) is 41.7 Å². The van der Waals surface area contributed by atoms with Crippen molar-refractivity contribution in [3.8, 4) is 17.2 Å². The van der Waals surface area contributed by atoms with Crippen molar-refractivity contribution in [1.82, 2.24) is 4.57 Å². The van der Waals surface area contributed by atoms with Gasteiger partial charge < -0.3 is 18.9 Å². The number of halogens is 1. The molecule has 0 aliphatic carbocycles. The van der Waals surface area contributed by atoms with Gasteiger partial charge in [0.25, 0.3) is 5.56 Å². The normalized spacial score (nSPS) is 14.2. The second kappa shape index (κ2) is 15.4. The number of thiazole rings is 1. The van der Waals surface area contributed by atoms with E-state index < -0.39 is 12.0 Å². The van der Waals surface area contributed by atoms with Crippen LogP contribution in [0.15, 0.2) is 112 Å². The fourth-order valence-corrected chi connectivity index (χ4v) is 6.82. The fourth-order valence-electron chi connectivity index (χ4n) is 5.61. The maximum Gasteiger partial charge on any atom is 0.338 e. The summed E-state index contributed by atoms with van der Waals surface area (Å²) in [7, 11) is 0. The Hall–Kier alpha value is -5.12. The average molecular weight is 695 g/mol. The smallest absolute Gasteiger partial charge is 0.338 e. The van der Waals surface area contributed by atoms with E-state index in [-0.39, 0.29) is 17.7 Å². The van der Waals surface area contributed by atoms with E-state index in [9.17, 15) is 9.59 Å². The first kappa shape index (κ1) is 33.8. The Kier molecular flexibility index (Phi) is 10.6. The van der Waals surface area contributed by atoms with Gasteiger partial charge in [0, 0.05) is 10.6 Å². The van der Waals surface area contributed by atoms with Crippen molar-refractivity contribution in [2.24, 2.45) is 4.99 Å². The van der Waals surface area contributed by atoms with Crippen molar-refractivity contribution < 1.29 is 23.7 Å². The van der Waals surface area contributed by atoms with Crippen LogP contribution in [0.3, 0.4) is 0 Å². The lowest BCUT2D eigenvalue weighted by atomic mass is 9.93. The van der Waals surface area contributed by atoms with Crippen molar-refractivity contribution in [1.29, 1.82) is 0 Å². The molecule has 1 aromatic heterocycles. The Morgan fingerprint density at radius 2 is 1.63 bits per heavy atom. The molecule has 1 atom stereocenters. The molecule has 8 nitrogen and oxygen atoms in total. The number of hydrogen-bond donors (Lipinski definition) is 0. The summed E-state index contributed by atoms with van der Waals surface area (Å²) in [6.07, 6.45) is 1.80. The van der Waals surface area contributed by atoms with E-state index in [0.717, 1.165) is 22.3 Å². The quantitative estimate of drug-likeness (QED) is 0.131. The van der Waals surface area contributed by atoms with Gasteiger partial charge in [0.1, 0.15) is 12.4 Å². The maximum absolute atomic E-state index is 14.3. The van der Waals surface area contributed by atoms with Crippen molar-refractivity contribution in [2.45, 2.75) is 33.4 Å². The molecule has 1 aliphatic heterocycles. The maximum atomic E-state index is 14.3. The number of rotatable bonds is 12. The van der Waals surface area contributed by atoms with Gasteiger partial charge in [-0.15, -0.1) is 0 Å². The van der Waals surface area contributed by atoms with Gasteiger partial charge in [-0.25, -0.2) is 9.79 Å². The van der Waals surface area contributed by atoms with Gasteiger partial charge in [-0.3, -0.25) is 9.36 Å². The summed E-state index contributed by atoms with van der Waals surface area (Å²) < 4.78 is 25.3. The second-order valence-electron chi connectivity index (χ2n) is 11.0. The molecule has 5 aromatic rings. The zero-order valence-corrected chi connectivity index (χ0v) is 28.9. The summed E-state index contributed by atoms with van der Waals surface area (Å²) in [4.78, 5) is 33.4. The van der Waals surface area contributed by atoms with Crippen molar-refractivity contribution in [3.05, 3.63) is 150 Å². The Morgan fingerprint density at radius 3 is 2.35 bits per heavy atom. The van der Waals surface area contributed by atoms with E-state index in [1.807, 2.05) is 111 Å². The molecule has 10 heteroatoms. The third-order valence-corrected chi connectivity index (χ3v) is 8.95. The summed E-state index contributed by atoms with van der Waals surface area (Å²) in [5.74, 6) is 1.28. The molecular weight excluding hydrogens is 660 g/mol. The summed E-state index contributed by atoms with van der Waals surface area (Å²) in [6.45, 7) is 7.01. The van der Waals surface area contributed by atoms with Crippen LogP contribution in [-0.4, -0.2) is 30.4 Å². The van der Waals surface area contributed by atoms with E-state index in [2.05, 4.69) is 0 Å². The van der Waals surface area contributed by atoms with Gasteiger partial charge in [-0.1, -0.05) is 83.6 Å². The molecule has 0 saturated carbocycles. The SMILES string of the molecule is CCOC(=O)C1=C(c2ccccc2)N=c2s/c(=C\c3ccc(OCc4cccc(Cl)c4)c(OCC)c3)c(=O)n2[C@H]1c1ccc(OCC)cc1. The number of ether oxygens (including phenoxy) is 4. The lowest BCUT2D eigenvalue weighted by molar-refractivity contribution is -0.138. The highest BCUT2D eigenvalue weighted by atomic mass is 35.5. The summed E-state index contributed by atoms with van der Waals surface area (Å²) in [6, 6.07) is 29.1. The molecule has 0 unspecified atom stereocenters. The minimum atomic E-state index is -0.787. The Labute approximate surface area is 293 Å². The zero-order valence-electron chi connectivity index (χ0n) is 27.4. The third-order valence-electron chi connectivity index (χ3n) is 7.73. The molecule has 250 valence electrons. The molecule has 0 amide bonds. The second-order valence-corrected chi connectivity index (χ2v) is 12.4. The van der Waals surface area contributed by atoms with Gasteiger partial charge >= 0.3 is 5.97 Å². The molecule has 0 fully saturated rings. The number of carbonyl (C=O) groups is 1. The van der Waals surface area contributed by atoms with Crippen molar-refractivity contribution in [2.75, 3.05) is 19.8 Å². The van der Waals surface area contributed by atoms with Crippen LogP contribution < -0.4 is 29.1 Å². The van der Waals surface area contributed by atoms with Crippen LogP contribution in [0.5, 0.6) is 17.2 Å². The highest BCUT2D eigenvalue weighted by Crippen LogP contribution is 2.36. The molecule has 2 heterocycles. The zero-order chi connectivity index (χ0) is 34.3. The molecule has 4 aromatic carbocycles. The highest BCUT2D eigenvalue weighted by molar-refractivity contribution is 7.07. The fraction of sp³-hybridized carbons (Fsp3) is 0.205. The van der Waals surface area contributed by atoms with Crippen LogP contribution in [0, 0.1) is 0 Å². The molecule has 0 bridgehead atoms. The van der Waals surface area contributed by atoms with E-state index in [1.54, 1.807) is 17.6 Å². The van der Waals surface area contributed by atoms with Crippen LogP contribution in [0.1, 0.15) is 49.1 Å². The van der Waals surface area contributed by atoms with E-state index in [4.69, 9.17) is 35.5 Å². The molecule has 0 N–H and O–H groups in total. The van der Waals surface area contributed by atoms with Crippen LogP contribution in [0.4, 0.5) is 0 Å². The first-order valence-corrected chi connectivity index (χ1v) is 17.2. The molecule has 0 radical (unpaired) electrons. The molecule has 1 aliphatic rings. The molecule has 0 saturated heterocycles. The molecule has 6 rings (SSSR count). The Morgan fingerprint density at radius 1 is 0.857 bits per heavy atom. The largest absolute Gasteiger partial charge is 0.494 e. The summed E-state index contributed by atoms with van der Waals surface area (Å²) >= 11 is 7.40. The minimum Gasteiger partial charge on any atom is -0.494 e. The van der Waals surface area contributed by atoms with Gasteiger partial charge in [0.2, 0.25) is 0 Å². The number of carbonyl (C=O) groups excluding carboxylic acids is 1. The Bertz CT molecular complexity index is 2170. The lowest BCUT2D eigenvalue weighted by Crippen LogP contribution is -2.40. The number of benzene rings is 4. The van der Waals surface area contributed by atoms with Gasteiger partial charge in [-0.2, -0.15) is 0 Å². The monoisotopic (exact) mass is 694 g/mol. The standard InChI is InChI=1S/C39H35ClN2O6S/c1-4-45-30-18-16-28(17-19-30)36-34(38(44)47-6-3)35(27-12-8-7-9-13-27)41-39-42(36)37(43)33(49-39)23-25-15-20-31(32(22-25)46-5-2)48-24-26-11-10-14-29(40)21-26/h7-23,36H,4-6,24H2,1-3H3/b33-23-/t36-/m0/s1. The summed E-state index contributed by atoms with van der Waals surface area (Å²) in [5, 5.41) is 0.637. The van der Waals surface area contributed by atoms with Crippen LogP contribution in [0.25, 0.3) is 11.8 Å². The van der Waals surface area contributed by atoms with E-state index in [1.165, 1.54) is 11.3 Å². The minimum absolute atomic E-state index is 0.172. The van der Waals surface area contributed by atoms with Gasteiger partial charge in [-0.05, 0) is 79.9 Å². The number of esters is 1. The topological polar surface area (TPSA) is 88.4 Å². The molecular formula is C39H35ClN2O6S. The first-order chi connectivity index (χ1) is 23.9. The van der Waals surface area contributed by atoms with Crippen molar-refractivity contribution in [3.63, 3.8) is 0 Å². The number of fused-ring (bicyclic) bond motifs is 1. The molecule has 0 spiro atoms. The lowest BCUT2D eigenvalue weighted by Gasteiger charge is -2.26. The van der Waals surface area contributed by atoms with Gasteiger partial charge in [0.15, 0.2) is 16.3 Å². The third kappa shape index (κ3) is 7.48. The van der Waals surface area contributed by atoms with Crippen LogP contribution in [0.2, 0.25) is 5.02 Å². The number of aromatic nitrogens is 1. The first-order valence-electron chi connectivity index (χ1n) is 16.1.